The van der Waals surface area contributed by atoms with Crippen LogP contribution >= 0.6 is 0 Å². The largest absolute Gasteiger partial charge is 0.481 e. The maximum absolute atomic E-state index is 10.8. The number of rotatable bonds is 3. The van der Waals surface area contributed by atoms with Crippen molar-refractivity contribution in [1.82, 2.24) is 9.97 Å². The molecule has 1 atom stereocenters. The van der Waals surface area contributed by atoms with Gasteiger partial charge in [0.1, 0.15) is 11.7 Å². The third-order valence-electron chi connectivity index (χ3n) is 3.44. The molecule has 1 saturated carbocycles. The van der Waals surface area contributed by atoms with Crippen LogP contribution in [-0.4, -0.2) is 21.0 Å². The van der Waals surface area contributed by atoms with Gasteiger partial charge in [-0.1, -0.05) is 19.3 Å². The van der Waals surface area contributed by atoms with Gasteiger partial charge in [0, 0.05) is 17.8 Å². The van der Waals surface area contributed by atoms with Crippen LogP contribution in [0.25, 0.3) is 0 Å². The van der Waals surface area contributed by atoms with E-state index in [1.54, 1.807) is 6.92 Å². The highest BCUT2D eigenvalue weighted by atomic mass is 16.4. The lowest BCUT2D eigenvalue weighted by molar-refractivity contribution is -0.138. The Bertz CT molecular complexity index is 367. The van der Waals surface area contributed by atoms with Crippen LogP contribution in [-0.2, 0) is 4.79 Å². The number of aromatic amines is 1. The molecule has 1 aromatic heterocycles. The summed E-state index contributed by atoms with van der Waals surface area (Å²) in [4.78, 5) is 18.2. The first kappa shape index (κ1) is 11.2. The van der Waals surface area contributed by atoms with Crippen molar-refractivity contribution in [2.45, 2.75) is 50.9 Å². The molecule has 0 aliphatic heterocycles. The molecule has 88 valence electrons. The van der Waals surface area contributed by atoms with Gasteiger partial charge in [-0.15, -0.1) is 0 Å². The SMILES string of the molecule is CC(C(=O)O)c1ncc(C2CCCCC2)[nH]1. The third kappa shape index (κ3) is 2.26. The molecule has 1 aliphatic carbocycles. The molecule has 2 N–H and O–H groups in total. The normalized spacial score (nSPS) is 19.6. The first-order valence-corrected chi connectivity index (χ1v) is 5.96. The van der Waals surface area contributed by atoms with E-state index in [1.807, 2.05) is 6.20 Å². The van der Waals surface area contributed by atoms with Gasteiger partial charge in [-0.25, -0.2) is 4.98 Å². The summed E-state index contributed by atoms with van der Waals surface area (Å²) in [7, 11) is 0. The summed E-state index contributed by atoms with van der Waals surface area (Å²) < 4.78 is 0. The molecule has 4 heteroatoms. The molecule has 1 heterocycles. The summed E-state index contributed by atoms with van der Waals surface area (Å²) in [6, 6.07) is 0. The number of H-pyrrole nitrogens is 1. The summed E-state index contributed by atoms with van der Waals surface area (Å²) in [6.07, 6.45) is 8.07. The van der Waals surface area contributed by atoms with E-state index in [-0.39, 0.29) is 0 Å². The van der Waals surface area contributed by atoms with E-state index in [0.29, 0.717) is 11.7 Å². The van der Waals surface area contributed by atoms with Gasteiger partial charge in [0.15, 0.2) is 0 Å². The second-order valence-electron chi connectivity index (χ2n) is 4.62. The van der Waals surface area contributed by atoms with Crippen molar-refractivity contribution < 1.29 is 9.90 Å². The Morgan fingerprint density at radius 1 is 1.50 bits per heavy atom. The Morgan fingerprint density at radius 3 is 2.81 bits per heavy atom. The second kappa shape index (κ2) is 4.68. The molecule has 0 spiro atoms. The van der Waals surface area contributed by atoms with Crippen molar-refractivity contribution in [2.24, 2.45) is 0 Å². The van der Waals surface area contributed by atoms with Crippen LogP contribution in [0, 0.1) is 0 Å². The quantitative estimate of drug-likeness (QED) is 0.826. The van der Waals surface area contributed by atoms with E-state index in [4.69, 9.17) is 5.11 Å². The highest BCUT2D eigenvalue weighted by molar-refractivity contribution is 5.74. The lowest BCUT2D eigenvalue weighted by atomic mass is 9.87. The molecule has 0 saturated heterocycles. The molecule has 0 aromatic carbocycles. The van der Waals surface area contributed by atoms with Gasteiger partial charge in [-0.3, -0.25) is 4.79 Å². The van der Waals surface area contributed by atoms with Crippen LogP contribution in [0.15, 0.2) is 6.20 Å². The van der Waals surface area contributed by atoms with E-state index < -0.39 is 11.9 Å². The number of carboxylic acids is 1. The smallest absolute Gasteiger partial charge is 0.313 e. The zero-order valence-electron chi connectivity index (χ0n) is 9.57. The molecular formula is C12H18N2O2. The van der Waals surface area contributed by atoms with Crippen molar-refractivity contribution in [3.63, 3.8) is 0 Å². The monoisotopic (exact) mass is 222 g/mol. The van der Waals surface area contributed by atoms with Gasteiger partial charge in [0.2, 0.25) is 0 Å². The number of carbonyl (C=O) groups is 1. The average Bonchev–Trinajstić information content (AvgIpc) is 2.78. The minimum absolute atomic E-state index is 0.544. The summed E-state index contributed by atoms with van der Waals surface area (Å²) in [6.45, 7) is 1.66. The molecule has 1 unspecified atom stereocenters. The molecule has 2 rings (SSSR count). The molecule has 1 aromatic rings. The standard InChI is InChI=1S/C12H18N2O2/c1-8(12(15)16)11-13-7-10(14-11)9-5-3-2-4-6-9/h7-9H,2-6H2,1H3,(H,13,14)(H,15,16). The van der Waals surface area contributed by atoms with E-state index in [2.05, 4.69) is 9.97 Å². The van der Waals surface area contributed by atoms with Gasteiger partial charge in [-0.2, -0.15) is 0 Å². The van der Waals surface area contributed by atoms with E-state index in [9.17, 15) is 4.79 Å². The highest BCUT2D eigenvalue weighted by Crippen LogP contribution is 2.31. The Kier molecular flexibility index (Phi) is 3.27. The summed E-state index contributed by atoms with van der Waals surface area (Å²) in [5, 5.41) is 8.90. The average molecular weight is 222 g/mol. The summed E-state index contributed by atoms with van der Waals surface area (Å²) in [5.41, 5.74) is 1.11. The fraction of sp³-hybridized carbons (Fsp3) is 0.667. The Labute approximate surface area is 95.1 Å². The van der Waals surface area contributed by atoms with Crippen molar-refractivity contribution >= 4 is 5.97 Å². The fourth-order valence-electron chi connectivity index (χ4n) is 2.31. The molecule has 0 amide bonds. The molecule has 16 heavy (non-hydrogen) atoms. The van der Waals surface area contributed by atoms with Crippen molar-refractivity contribution in [1.29, 1.82) is 0 Å². The summed E-state index contributed by atoms with van der Waals surface area (Å²) >= 11 is 0. The summed E-state index contributed by atoms with van der Waals surface area (Å²) in [5.74, 6) is -0.244. The zero-order valence-corrected chi connectivity index (χ0v) is 9.57. The predicted octanol–water partition coefficient (Wildman–Crippen LogP) is 2.65. The van der Waals surface area contributed by atoms with Gasteiger partial charge >= 0.3 is 5.97 Å². The number of aromatic nitrogens is 2. The fourth-order valence-corrected chi connectivity index (χ4v) is 2.31. The molecule has 4 nitrogen and oxygen atoms in total. The van der Waals surface area contributed by atoms with Crippen LogP contribution in [0.2, 0.25) is 0 Å². The number of imidazole rings is 1. The van der Waals surface area contributed by atoms with Crippen LogP contribution in [0.3, 0.4) is 0 Å². The molecular weight excluding hydrogens is 204 g/mol. The van der Waals surface area contributed by atoms with Gasteiger partial charge in [-0.05, 0) is 19.8 Å². The topological polar surface area (TPSA) is 66.0 Å². The van der Waals surface area contributed by atoms with Gasteiger partial charge < -0.3 is 10.1 Å². The Hall–Kier alpha value is -1.32. The minimum atomic E-state index is -0.829. The van der Waals surface area contributed by atoms with E-state index >= 15 is 0 Å². The van der Waals surface area contributed by atoms with Gasteiger partial charge in [0.25, 0.3) is 0 Å². The minimum Gasteiger partial charge on any atom is -0.481 e. The van der Waals surface area contributed by atoms with Crippen LogP contribution in [0.5, 0.6) is 0 Å². The zero-order chi connectivity index (χ0) is 11.5. The predicted molar refractivity (Wildman–Crippen MR) is 60.5 cm³/mol. The maximum Gasteiger partial charge on any atom is 0.313 e. The Balaban J connectivity index is 2.09. The maximum atomic E-state index is 10.8. The molecule has 0 bridgehead atoms. The van der Waals surface area contributed by atoms with E-state index in [1.165, 1.54) is 32.1 Å². The highest BCUT2D eigenvalue weighted by Gasteiger charge is 2.21. The lowest BCUT2D eigenvalue weighted by Gasteiger charge is -2.19. The molecule has 1 fully saturated rings. The second-order valence-corrected chi connectivity index (χ2v) is 4.62. The number of hydrogen-bond donors (Lipinski definition) is 2. The van der Waals surface area contributed by atoms with Crippen LogP contribution in [0.4, 0.5) is 0 Å². The Morgan fingerprint density at radius 2 is 2.19 bits per heavy atom. The number of nitrogens with one attached hydrogen (secondary N) is 1. The van der Waals surface area contributed by atoms with E-state index in [0.717, 1.165) is 5.69 Å². The van der Waals surface area contributed by atoms with Crippen LogP contribution < -0.4 is 0 Å². The number of carboxylic acid groups (broad SMARTS) is 1. The van der Waals surface area contributed by atoms with Gasteiger partial charge in [0.05, 0.1) is 0 Å². The first-order chi connectivity index (χ1) is 7.68. The molecule has 0 radical (unpaired) electrons. The van der Waals surface area contributed by atoms with Crippen molar-refractivity contribution in [2.75, 3.05) is 0 Å². The lowest BCUT2D eigenvalue weighted by Crippen LogP contribution is -2.10. The first-order valence-electron chi connectivity index (χ1n) is 5.96. The van der Waals surface area contributed by atoms with Crippen molar-refractivity contribution in [3.05, 3.63) is 17.7 Å². The third-order valence-corrected chi connectivity index (χ3v) is 3.44. The number of aliphatic carboxylic acids is 1. The van der Waals surface area contributed by atoms with Crippen LogP contribution in [0.1, 0.15) is 62.4 Å². The molecule has 1 aliphatic rings. The van der Waals surface area contributed by atoms with Crippen molar-refractivity contribution in [3.8, 4) is 0 Å². The number of hydrogen-bond acceptors (Lipinski definition) is 2. The number of nitrogens with zero attached hydrogens (tertiary/aromatic N) is 1.